The van der Waals surface area contributed by atoms with E-state index < -0.39 is 0 Å². The lowest BCUT2D eigenvalue weighted by atomic mass is 10.0. The Morgan fingerprint density at radius 1 is 1.10 bits per heavy atom. The molecule has 106 valence electrons. The third kappa shape index (κ3) is 2.89. The Hall–Kier alpha value is -1.58. The van der Waals surface area contributed by atoms with Crippen LogP contribution in [0.25, 0.3) is 22.5 Å². The molecule has 3 rings (SSSR count). The van der Waals surface area contributed by atoms with E-state index in [0.29, 0.717) is 0 Å². The molecule has 1 aromatic carbocycles. The molecule has 0 N–H and O–H groups in total. The van der Waals surface area contributed by atoms with Crippen LogP contribution in [0.5, 0.6) is 0 Å². The number of thioether (sulfide) groups is 1. The van der Waals surface area contributed by atoms with E-state index in [1.54, 1.807) is 23.1 Å². The van der Waals surface area contributed by atoms with Crippen molar-refractivity contribution >= 4 is 23.1 Å². The first-order valence-corrected chi connectivity index (χ1v) is 9.16. The molecule has 0 atom stereocenters. The number of nitrogens with zero attached hydrogens (tertiary/aromatic N) is 1. The first-order chi connectivity index (χ1) is 10.3. The average Bonchev–Trinajstić information content (AvgIpc) is 3.08. The number of hydrogen-bond acceptors (Lipinski definition) is 3. The zero-order valence-corrected chi connectivity index (χ0v) is 13.8. The van der Waals surface area contributed by atoms with Gasteiger partial charge < -0.3 is 0 Å². The largest absolute Gasteiger partial charge is 0.247 e. The van der Waals surface area contributed by atoms with Gasteiger partial charge >= 0.3 is 0 Å². The molecule has 0 aliphatic carbocycles. The van der Waals surface area contributed by atoms with Crippen LogP contribution in [0.3, 0.4) is 0 Å². The molecule has 21 heavy (non-hydrogen) atoms. The van der Waals surface area contributed by atoms with Gasteiger partial charge in [0.1, 0.15) is 0 Å². The molecular formula is C18H17NS2. The molecule has 2 aromatic heterocycles. The number of aromatic nitrogens is 1. The van der Waals surface area contributed by atoms with Crippen LogP contribution in [-0.4, -0.2) is 11.2 Å². The molecule has 0 saturated heterocycles. The SMILES string of the molecule is CCc1c(SC)cc(-c2ccsc2)nc1-c1ccccc1. The summed E-state index contributed by atoms with van der Waals surface area (Å²) in [6.45, 7) is 2.20. The fourth-order valence-electron chi connectivity index (χ4n) is 2.46. The van der Waals surface area contributed by atoms with E-state index in [-0.39, 0.29) is 0 Å². The van der Waals surface area contributed by atoms with Crippen molar-refractivity contribution in [1.82, 2.24) is 4.98 Å². The van der Waals surface area contributed by atoms with E-state index in [4.69, 9.17) is 4.98 Å². The van der Waals surface area contributed by atoms with Gasteiger partial charge in [0.25, 0.3) is 0 Å². The second-order valence-electron chi connectivity index (χ2n) is 4.77. The summed E-state index contributed by atoms with van der Waals surface area (Å²) < 4.78 is 0. The van der Waals surface area contributed by atoms with Crippen molar-refractivity contribution in [2.75, 3.05) is 6.26 Å². The van der Waals surface area contributed by atoms with Crippen molar-refractivity contribution in [2.24, 2.45) is 0 Å². The zero-order chi connectivity index (χ0) is 14.7. The second kappa shape index (κ2) is 6.46. The molecule has 0 spiro atoms. The molecule has 0 saturated carbocycles. The molecule has 0 aliphatic rings. The van der Waals surface area contributed by atoms with Crippen LogP contribution in [0.1, 0.15) is 12.5 Å². The lowest BCUT2D eigenvalue weighted by Crippen LogP contribution is -1.97. The summed E-state index contributed by atoms with van der Waals surface area (Å²) in [5.74, 6) is 0. The maximum Gasteiger partial charge on any atom is 0.0752 e. The van der Waals surface area contributed by atoms with E-state index in [9.17, 15) is 0 Å². The Labute approximate surface area is 134 Å². The minimum Gasteiger partial charge on any atom is -0.247 e. The van der Waals surface area contributed by atoms with Crippen molar-refractivity contribution in [1.29, 1.82) is 0 Å². The Bertz CT molecular complexity index is 718. The van der Waals surface area contributed by atoms with Gasteiger partial charge in [0.15, 0.2) is 0 Å². The summed E-state index contributed by atoms with van der Waals surface area (Å²) in [5, 5.41) is 4.26. The Balaban J connectivity index is 2.23. The molecule has 2 heterocycles. The molecule has 0 aliphatic heterocycles. The van der Waals surface area contributed by atoms with Gasteiger partial charge in [0, 0.05) is 21.4 Å². The van der Waals surface area contributed by atoms with Gasteiger partial charge in [-0.1, -0.05) is 37.3 Å². The lowest BCUT2D eigenvalue weighted by molar-refractivity contribution is 1.05. The minimum atomic E-state index is 0.997. The van der Waals surface area contributed by atoms with E-state index in [1.807, 2.05) is 6.07 Å². The topological polar surface area (TPSA) is 12.9 Å². The van der Waals surface area contributed by atoms with Gasteiger partial charge in [0.05, 0.1) is 11.4 Å². The monoisotopic (exact) mass is 311 g/mol. The smallest absolute Gasteiger partial charge is 0.0752 e. The Morgan fingerprint density at radius 3 is 2.52 bits per heavy atom. The van der Waals surface area contributed by atoms with Crippen LogP contribution in [0.2, 0.25) is 0 Å². The maximum absolute atomic E-state index is 4.96. The van der Waals surface area contributed by atoms with Crippen LogP contribution >= 0.6 is 23.1 Å². The summed E-state index contributed by atoms with van der Waals surface area (Å²) in [6, 6.07) is 14.8. The van der Waals surface area contributed by atoms with Crippen molar-refractivity contribution in [2.45, 2.75) is 18.2 Å². The molecule has 0 amide bonds. The van der Waals surface area contributed by atoms with E-state index in [1.165, 1.54) is 21.6 Å². The first-order valence-electron chi connectivity index (χ1n) is 6.99. The Kier molecular flexibility index (Phi) is 4.42. The molecule has 0 unspecified atom stereocenters. The van der Waals surface area contributed by atoms with Crippen LogP contribution in [-0.2, 0) is 6.42 Å². The van der Waals surface area contributed by atoms with E-state index >= 15 is 0 Å². The van der Waals surface area contributed by atoms with Crippen molar-refractivity contribution in [3.63, 3.8) is 0 Å². The number of hydrogen-bond donors (Lipinski definition) is 0. The van der Waals surface area contributed by atoms with Crippen LogP contribution in [0.15, 0.2) is 58.1 Å². The molecule has 1 nitrogen and oxygen atoms in total. The van der Waals surface area contributed by atoms with Crippen molar-refractivity contribution in [3.05, 3.63) is 58.8 Å². The number of rotatable bonds is 4. The highest BCUT2D eigenvalue weighted by Crippen LogP contribution is 2.34. The quantitative estimate of drug-likeness (QED) is 0.568. The summed E-state index contributed by atoms with van der Waals surface area (Å²) in [5.41, 5.74) is 5.92. The van der Waals surface area contributed by atoms with Crippen molar-refractivity contribution < 1.29 is 0 Å². The van der Waals surface area contributed by atoms with Gasteiger partial charge in [-0.3, -0.25) is 0 Å². The molecule has 0 radical (unpaired) electrons. The number of benzene rings is 1. The predicted molar refractivity (Wildman–Crippen MR) is 94.1 cm³/mol. The molecular weight excluding hydrogens is 294 g/mol. The highest BCUT2D eigenvalue weighted by molar-refractivity contribution is 7.98. The highest BCUT2D eigenvalue weighted by Gasteiger charge is 2.13. The zero-order valence-electron chi connectivity index (χ0n) is 12.2. The third-order valence-electron chi connectivity index (χ3n) is 3.52. The maximum atomic E-state index is 4.96. The summed E-state index contributed by atoms with van der Waals surface area (Å²) in [4.78, 5) is 6.28. The number of pyridine rings is 1. The molecule has 0 bridgehead atoms. The lowest BCUT2D eigenvalue weighted by Gasteiger charge is -2.14. The Morgan fingerprint density at radius 2 is 1.90 bits per heavy atom. The van der Waals surface area contributed by atoms with Gasteiger partial charge in [0.2, 0.25) is 0 Å². The fraction of sp³-hybridized carbons (Fsp3) is 0.167. The molecule has 0 fully saturated rings. The summed E-state index contributed by atoms with van der Waals surface area (Å²) in [7, 11) is 0. The normalized spacial score (nSPS) is 10.8. The van der Waals surface area contributed by atoms with E-state index in [0.717, 1.165) is 17.8 Å². The first kappa shape index (κ1) is 14.4. The summed E-state index contributed by atoms with van der Waals surface area (Å²) in [6.07, 6.45) is 3.14. The summed E-state index contributed by atoms with van der Waals surface area (Å²) >= 11 is 3.52. The van der Waals surface area contributed by atoms with Gasteiger partial charge in [-0.2, -0.15) is 11.3 Å². The molecule has 3 aromatic rings. The second-order valence-corrected chi connectivity index (χ2v) is 6.40. The van der Waals surface area contributed by atoms with Gasteiger partial charge in [-0.25, -0.2) is 4.98 Å². The molecule has 3 heteroatoms. The highest BCUT2D eigenvalue weighted by atomic mass is 32.2. The van der Waals surface area contributed by atoms with Crippen LogP contribution in [0.4, 0.5) is 0 Å². The standard InChI is InChI=1S/C18H17NS2/c1-3-15-17(20-2)11-16(14-9-10-21-12-14)19-18(15)13-7-5-4-6-8-13/h4-12H,3H2,1-2H3. The number of thiophene rings is 1. The van der Waals surface area contributed by atoms with Crippen LogP contribution in [0, 0.1) is 0 Å². The van der Waals surface area contributed by atoms with E-state index in [2.05, 4.69) is 60.3 Å². The third-order valence-corrected chi connectivity index (χ3v) is 5.01. The van der Waals surface area contributed by atoms with Gasteiger partial charge in [-0.05, 0) is 35.8 Å². The van der Waals surface area contributed by atoms with Crippen molar-refractivity contribution in [3.8, 4) is 22.5 Å². The fourth-order valence-corrected chi connectivity index (χ4v) is 3.83. The van der Waals surface area contributed by atoms with Crippen LogP contribution < -0.4 is 0 Å². The predicted octanol–water partition coefficient (Wildman–Crippen LogP) is 5.76. The minimum absolute atomic E-state index is 0.997. The average molecular weight is 311 g/mol. The van der Waals surface area contributed by atoms with Gasteiger partial charge in [-0.15, -0.1) is 11.8 Å².